The van der Waals surface area contributed by atoms with Crippen LogP contribution in [0.4, 0.5) is 0 Å². The molecule has 0 saturated carbocycles. The van der Waals surface area contributed by atoms with E-state index in [1.807, 2.05) is 18.7 Å². The maximum atomic E-state index is 11.2. The molecule has 0 radical (unpaired) electrons. The second-order valence-corrected chi connectivity index (χ2v) is 5.42. The lowest BCUT2D eigenvalue weighted by Crippen LogP contribution is -2.35. The minimum absolute atomic E-state index is 0.168. The molecular weight excluding hydrogens is 158 g/mol. The lowest BCUT2D eigenvalue weighted by atomic mass is 10.2. The molecule has 0 aromatic rings. The Bertz CT molecular complexity index is 167. The maximum absolute atomic E-state index is 11.2. The van der Waals surface area contributed by atoms with Crippen molar-refractivity contribution in [2.24, 2.45) is 5.92 Å². The highest BCUT2D eigenvalue weighted by atomic mass is 32.2. The first-order valence-corrected chi connectivity index (χ1v) is 4.91. The zero-order chi connectivity index (χ0) is 8.48. The van der Waals surface area contributed by atoms with Crippen molar-refractivity contribution in [3.63, 3.8) is 0 Å². The number of rotatable bonds is 0. The van der Waals surface area contributed by atoms with E-state index in [2.05, 4.69) is 19.2 Å². The van der Waals surface area contributed by atoms with Crippen LogP contribution in [0.25, 0.3) is 0 Å². The number of thioether (sulfide) groups is 1. The molecule has 64 valence electrons. The topological polar surface area (TPSA) is 29.1 Å². The van der Waals surface area contributed by atoms with Gasteiger partial charge in [-0.3, -0.25) is 4.79 Å². The molecule has 0 aromatic heterocycles. The third-order valence-electron chi connectivity index (χ3n) is 1.86. The number of amides is 1. The smallest absolute Gasteiger partial charge is 0.223 e. The van der Waals surface area contributed by atoms with Crippen LogP contribution in [0.15, 0.2) is 0 Å². The Balaban J connectivity index is 2.58. The highest BCUT2D eigenvalue weighted by molar-refractivity contribution is 8.00. The summed E-state index contributed by atoms with van der Waals surface area (Å²) in [5.74, 6) is 1.31. The molecule has 0 bridgehead atoms. The molecular formula is C8H15NOS. The van der Waals surface area contributed by atoms with Gasteiger partial charge in [0.2, 0.25) is 5.91 Å². The van der Waals surface area contributed by atoms with Gasteiger partial charge in [0.05, 0.1) is 0 Å². The van der Waals surface area contributed by atoms with Crippen molar-refractivity contribution in [2.45, 2.75) is 25.5 Å². The van der Waals surface area contributed by atoms with Gasteiger partial charge in [0.1, 0.15) is 0 Å². The third kappa shape index (κ3) is 2.40. The SMILES string of the molecule is CC1CSC(C)(C)CNC1=O. The van der Waals surface area contributed by atoms with Crippen molar-refractivity contribution < 1.29 is 4.79 Å². The van der Waals surface area contributed by atoms with E-state index in [4.69, 9.17) is 0 Å². The molecule has 1 saturated heterocycles. The van der Waals surface area contributed by atoms with Gasteiger partial charge in [0.15, 0.2) is 0 Å². The average molecular weight is 173 g/mol. The standard InChI is InChI=1S/C8H15NOS/c1-6-4-11-8(2,3)5-9-7(6)10/h6H,4-5H2,1-3H3,(H,9,10). The first-order valence-electron chi connectivity index (χ1n) is 3.93. The number of nitrogens with one attached hydrogen (secondary N) is 1. The van der Waals surface area contributed by atoms with Crippen LogP contribution < -0.4 is 5.32 Å². The predicted octanol–water partition coefficient (Wildman–Crippen LogP) is 1.26. The molecule has 1 fully saturated rings. The summed E-state index contributed by atoms with van der Waals surface area (Å²) in [5, 5.41) is 2.92. The number of hydrogen-bond donors (Lipinski definition) is 1. The normalized spacial score (nSPS) is 30.8. The van der Waals surface area contributed by atoms with E-state index < -0.39 is 0 Å². The molecule has 0 aromatic carbocycles. The molecule has 1 atom stereocenters. The summed E-state index contributed by atoms with van der Waals surface area (Å²) in [6, 6.07) is 0. The Labute approximate surface area is 72.1 Å². The first-order chi connectivity index (χ1) is 5.01. The average Bonchev–Trinajstić information content (AvgIpc) is 2.03. The summed E-state index contributed by atoms with van der Waals surface area (Å²) in [6.07, 6.45) is 0. The van der Waals surface area contributed by atoms with Crippen LogP contribution in [0.5, 0.6) is 0 Å². The molecule has 11 heavy (non-hydrogen) atoms. The summed E-state index contributed by atoms with van der Waals surface area (Å²) in [5.41, 5.74) is 0. The van der Waals surface area contributed by atoms with Crippen LogP contribution in [-0.4, -0.2) is 23.0 Å². The predicted molar refractivity (Wildman–Crippen MR) is 48.7 cm³/mol. The number of carbonyl (C=O) groups excluding carboxylic acids is 1. The van der Waals surface area contributed by atoms with E-state index in [0.29, 0.717) is 0 Å². The van der Waals surface area contributed by atoms with Crippen molar-refractivity contribution in [1.82, 2.24) is 5.32 Å². The van der Waals surface area contributed by atoms with Crippen molar-refractivity contribution in [1.29, 1.82) is 0 Å². The van der Waals surface area contributed by atoms with Crippen LogP contribution in [0.1, 0.15) is 20.8 Å². The molecule has 1 unspecified atom stereocenters. The van der Waals surface area contributed by atoms with Crippen LogP contribution in [0, 0.1) is 5.92 Å². The highest BCUT2D eigenvalue weighted by Crippen LogP contribution is 2.27. The highest BCUT2D eigenvalue weighted by Gasteiger charge is 2.26. The minimum atomic E-state index is 0.168. The lowest BCUT2D eigenvalue weighted by Gasteiger charge is -2.20. The maximum Gasteiger partial charge on any atom is 0.223 e. The Morgan fingerprint density at radius 2 is 2.27 bits per heavy atom. The molecule has 0 spiro atoms. The van der Waals surface area contributed by atoms with E-state index >= 15 is 0 Å². The summed E-state index contributed by atoms with van der Waals surface area (Å²) in [7, 11) is 0. The summed E-state index contributed by atoms with van der Waals surface area (Å²) in [6.45, 7) is 7.09. The second-order valence-electron chi connectivity index (χ2n) is 3.69. The Morgan fingerprint density at radius 1 is 1.64 bits per heavy atom. The van der Waals surface area contributed by atoms with Crippen LogP contribution >= 0.6 is 11.8 Å². The van der Waals surface area contributed by atoms with Gasteiger partial charge >= 0.3 is 0 Å². The van der Waals surface area contributed by atoms with Crippen molar-refractivity contribution >= 4 is 17.7 Å². The van der Waals surface area contributed by atoms with E-state index in [1.165, 1.54) is 0 Å². The molecule has 1 rings (SSSR count). The number of hydrogen-bond acceptors (Lipinski definition) is 2. The van der Waals surface area contributed by atoms with Crippen LogP contribution in [0.3, 0.4) is 0 Å². The molecule has 1 aliphatic heterocycles. The van der Waals surface area contributed by atoms with Gasteiger partial charge in [-0.25, -0.2) is 0 Å². The van der Waals surface area contributed by atoms with Gasteiger partial charge in [0.25, 0.3) is 0 Å². The minimum Gasteiger partial charge on any atom is -0.354 e. The van der Waals surface area contributed by atoms with Gasteiger partial charge in [-0.1, -0.05) is 6.92 Å². The van der Waals surface area contributed by atoms with Gasteiger partial charge in [0, 0.05) is 23.0 Å². The van der Waals surface area contributed by atoms with Crippen molar-refractivity contribution in [3.8, 4) is 0 Å². The van der Waals surface area contributed by atoms with E-state index in [1.54, 1.807) is 0 Å². The fraction of sp³-hybridized carbons (Fsp3) is 0.875. The zero-order valence-electron chi connectivity index (χ0n) is 7.31. The van der Waals surface area contributed by atoms with E-state index in [9.17, 15) is 4.79 Å². The van der Waals surface area contributed by atoms with Gasteiger partial charge in [-0.2, -0.15) is 11.8 Å². The first kappa shape index (κ1) is 8.91. The summed E-state index contributed by atoms with van der Waals surface area (Å²) < 4.78 is 0.209. The molecule has 1 aliphatic rings. The molecule has 0 aliphatic carbocycles. The van der Waals surface area contributed by atoms with E-state index in [0.717, 1.165) is 12.3 Å². The fourth-order valence-corrected chi connectivity index (χ4v) is 1.98. The molecule has 2 nitrogen and oxygen atoms in total. The van der Waals surface area contributed by atoms with Crippen molar-refractivity contribution in [3.05, 3.63) is 0 Å². The number of carbonyl (C=O) groups is 1. The summed E-state index contributed by atoms with van der Waals surface area (Å²) >= 11 is 1.87. The Hall–Kier alpha value is -0.180. The van der Waals surface area contributed by atoms with Crippen LogP contribution in [-0.2, 0) is 4.79 Å². The van der Waals surface area contributed by atoms with Gasteiger partial charge in [-0.15, -0.1) is 0 Å². The molecule has 1 N–H and O–H groups in total. The van der Waals surface area contributed by atoms with Crippen LogP contribution in [0.2, 0.25) is 0 Å². The fourth-order valence-electron chi connectivity index (χ4n) is 0.952. The second kappa shape index (κ2) is 3.05. The van der Waals surface area contributed by atoms with Gasteiger partial charge in [-0.05, 0) is 13.8 Å². The summed E-state index contributed by atoms with van der Waals surface area (Å²) in [4.78, 5) is 11.2. The monoisotopic (exact) mass is 173 g/mol. The Morgan fingerprint density at radius 3 is 2.91 bits per heavy atom. The lowest BCUT2D eigenvalue weighted by molar-refractivity contribution is -0.123. The zero-order valence-corrected chi connectivity index (χ0v) is 8.12. The van der Waals surface area contributed by atoms with E-state index in [-0.39, 0.29) is 16.6 Å². The molecule has 3 heteroatoms. The molecule has 1 heterocycles. The Kier molecular flexibility index (Phi) is 2.47. The third-order valence-corrected chi connectivity index (χ3v) is 3.45. The largest absolute Gasteiger partial charge is 0.354 e. The quantitative estimate of drug-likeness (QED) is 0.597. The van der Waals surface area contributed by atoms with Crippen molar-refractivity contribution in [2.75, 3.05) is 12.3 Å². The van der Waals surface area contributed by atoms with Gasteiger partial charge < -0.3 is 5.32 Å². The molecule has 1 amide bonds.